The summed E-state index contributed by atoms with van der Waals surface area (Å²) in [6.07, 6.45) is 0.632. The maximum atomic E-state index is 12.9. The number of carbonyl (C=O) groups excluding carboxylic acids is 1. The van der Waals surface area contributed by atoms with Gasteiger partial charge in [-0.3, -0.25) is 4.79 Å². The number of carbonyl (C=O) groups is 1. The van der Waals surface area contributed by atoms with Crippen molar-refractivity contribution < 1.29 is 23.4 Å². The maximum absolute atomic E-state index is 12.9. The minimum absolute atomic E-state index is 0.165. The number of rotatable bonds is 7. The second-order valence-corrected chi connectivity index (χ2v) is 5.52. The van der Waals surface area contributed by atoms with Crippen molar-refractivity contribution in [1.29, 1.82) is 0 Å². The fourth-order valence-electron chi connectivity index (χ4n) is 2.47. The van der Waals surface area contributed by atoms with Crippen LogP contribution in [0.5, 0.6) is 17.2 Å². The van der Waals surface area contributed by atoms with Gasteiger partial charge in [-0.1, -0.05) is 12.1 Å². The molecule has 2 rings (SSSR count). The molecule has 0 bridgehead atoms. The molecular formula is C19H22FNO4. The first-order valence-electron chi connectivity index (χ1n) is 7.80. The van der Waals surface area contributed by atoms with E-state index in [2.05, 4.69) is 0 Å². The maximum Gasteiger partial charge on any atom is 0.253 e. The molecular weight excluding hydrogens is 325 g/mol. The molecule has 2 aromatic rings. The summed E-state index contributed by atoms with van der Waals surface area (Å²) in [4.78, 5) is 14.3. The van der Waals surface area contributed by atoms with E-state index in [4.69, 9.17) is 14.2 Å². The van der Waals surface area contributed by atoms with Gasteiger partial charge in [0.1, 0.15) is 5.82 Å². The predicted octanol–water partition coefficient (Wildman–Crippen LogP) is 3.17. The molecule has 2 aromatic carbocycles. The third kappa shape index (κ3) is 4.41. The zero-order chi connectivity index (χ0) is 18.4. The molecule has 134 valence electrons. The normalized spacial score (nSPS) is 10.3. The lowest BCUT2D eigenvalue weighted by Gasteiger charge is -2.19. The molecule has 6 heteroatoms. The zero-order valence-corrected chi connectivity index (χ0v) is 14.8. The standard InChI is InChI=1S/C19H22FNO4/c1-21(10-9-13-5-7-15(20)8-6-13)19(22)14-11-16(23-2)18(25-4)17(12-14)24-3/h5-8,11-12H,9-10H2,1-4H3. The van der Waals surface area contributed by atoms with Gasteiger partial charge in [0.2, 0.25) is 5.75 Å². The Morgan fingerprint density at radius 1 is 1.00 bits per heavy atom. The quantitative estimate of drug-likeness (QED) is 0.772. The molecule has 0 aliphatic heterocycles. The summed E-state index contributed by atoms with van der Waals surface area (Å²) < 4.78 is 28.8. The average Bonchev–Trinajstić information content (AvgIpc) is 2.65. The van der Waals surface area contributed by atoms with E-state index in [9.17, 15) is 9.18 Å². The molecule has 0 aliphatic rings. The van der Waals surface area contributed by atoms with E-state index < -0.39 is 0 Å². The Hall–Kier alpha value is -2.76. The highest BCUT2D eigenvalue weighted by Gasteiger charge is 2.19. The molecule has 25 heavy (non-hydrogen) atoms. The van der Waals surface area contributed by atoms with Crippen molar-refractivity contribution in [3.8, 4) is 17.2 Å². The molecule has 0 aliphatic carbocycles. The second kappa shape index (κ2) is 8.37. The number of halogens is 1. The fraction of sp³-hybridized carbons (Fsp3) is 0.316. The Kier molecular flexibility index (Phi) is 6.22. The second-order valence-electron chi connectivity index (χ2n) is 5.52. The summed E-state index contributed by atoms with van der Waals surface area (Å²) in [5, 5.41) is 0. The zero-order valence-electron chi connectivity index (χ0n) is 14.8. The number of ether oxygens (including phenoxy) is 3. The molecule has 0 spiro atoms. The summed E-state index contributed by atoms with van der Waals surface area (Å²) in [5.74, 6) is 0.858. The van der Waals surface area contributed by atoms with E-state index in [0.717, 1.165) is 5.56 Å². The van der Waals surface area contributed by atoms with Crippen molar-refractivity contribution >= 4 is 5.91 Å². The number of hydrogen-bond acceptors (Lipinski definition) is 4. The van der Waals surface area contributed by atoms with Gasteiger partial charge in [0.15, 0.2) is 11.5 Å². The van der Waals surface area contributed by atoms with E-state index >= 15 is 0 Å². The SMILES string of the molecule is COc1cc(C(=O)N(C)CCc2ccc(F)cc2)cc(OC)c1OC. The number of benzene rings is 2. The fourth-order valence-corrected chi connectivity index (χ4v) is 2.47. The molecule has 0 atom stereocenters. The summed E-state index contributed by atoms with van der Waals surface area (Å²) >= 11 is 0. The molecule has 0 unspecified atom stereocenters. The van der Waals surface area contributed by atoms with Crippen molar-refractivity contribution in [3.05, 3.63) is 53.3 Å². The van der Waals surface area contributed by atoms with Crippen LogP contribution < -0.4 is 14.2 Å². The van der Waals surface area contributed by atoms with Crippen molar-refractivity contribution in [1.82, 2.24) is 4.90 Å². The average molecular weight is 347 g/mol. The van der Waals surface area contributed by atoms with Crippen LogP contribution in [0.15, 0.2) is 36.4 Å². The van der Waals surface area contributed by atoms with Gasteiger partial charge in [-0.2, -0.15) is 0 Å². The Morgan fingerprint density at radius 2 is 1.56 bits per heavy atom. The summed E-state index contributed by atoms with van der Waals surface area (Å²) in [6.45, 7) is 0.501. The van der Waals surface area contributed by atoms with Crippen LogP contribution in [0.4, 0.5) is 4.39 Å². The van der Waals surface area contributed by atoms with Crippen molar-refractivity contribution in [2.45, 2.75) is 6.42 Å². The van der Waals surface area contributed by atoms with Crippen LogP contribution in [0, 0.1) is 5.82 Å². The highest BCUT2D eigenvalue weighted by atomic mass is 19.1. The largest absolute Gasteiger partial charge is 0.493 e. The molecule has 0 saturated heterocycles. The minimum Gasteiger partial charge on any atom is -0.493 e. The van der Waals surface area contributed by atoms with Gasteiger partial charge < -0.3 is 19.1 Å². The smallest absolute Gasteiger partial charge is 0.253 e. The van der Waals surface area contributed by atoms with Gasteiger partial charge in [0.05, 0.1) is 21.3 Å². The Labute approximate surface area is 146 Å². The molecule has 0 heterocycles. The molecule has 0 saturated carbocycles. The van der Waals surface area contributed by atoms with Crippen LogP contribution in [0.3, 0.4) is 0 Å². The Bertz CT molecular complexity index is 706. The summed E-state index contributed by atoms with van der Waals surface area (Å²) in [5.41, 5.74) is 1.40. The van der Waals surface area contributed by atoms with Gasteiger partial charge in [-0.15, -0.1) is 0 Å². The minimum atomic E-state index is -0.273. The number of hydrogen-bond donors (Lipinski definition) is 0. The molecule has 5 nitrogen and oxygen atoms in total. The summed E-state index contributed by atoms with van der Waals surface area (Å²) in [6, 6.07) is 9.50. The predicted molar refractivity (Wildman–Crippen MR) is 93.2 cm³/mol. The monoisotopic (exact) mass is 347 g/mol. The molecule has 1 amide bonds. The van der Waals surface area contributed by atoms with Crippen molar-refractivity contribution in [2.24, 2.45) is 0 Å². The third-order valence-electron chi connectivity index (χ3n) is 3.91. The lowest BCUT2D eigenvalue weighted by atomic mass is 10.1. The molecule has 0 aromatic heterocycles. The Balaban J connectivity index is 2.14. The highest BCUT2D eigenvalue weighted by molar-refractivity contribution is 5.95. The van der Waals surface area contributed by atoms with Gasteiger partial charge in [0.25, 0.3) is 5.91 Å². The molecule has 0 fully saturated rings. The van der Waals surface area contributed by atoms with Crippen LogP contribution >= 0.6 is 0 Å². The molecule has 0 N–H and O–H groups in total. The number of nitrogens with zero attached hydrogens (tertiary/aromatic N) is 1. The lowest BCUT2D eigenvalue weighted by Crippen LogP contribution is -2.28. The van der Waals surface area contributed by atoms with E-state index in [-0.39, 0.29) is 11.7 Å². The highest BCUT2D eigenvalue weighted by Crippen LogP contribution is 2.38. The first kappa shape index (κ1) is 18.6. The summed E-state index contributed by atoms with van der Waals surface area (Å²) in [7, 11) is 6.24. The van der Waals surface area contributed by atoms with E-state index in [0.29, 0.717) is 35.8 Å². The number of methoxy groups -OCH3 is 3. The van der Waals surface area contributed by atoms with E-state index in [1.54, 1.807) is 36.2 Å². The molecule has 0 radical (unpaired) electrons. The third-order valence-corrected chi connectivity index (χ3v) is 3.91. The van der Waals surface area contributed by atoms with Gasteiger partial charge in [0, 0.05) is 19.2 Å². The van der Waals surface area contributed by atoms with Gasteiger partial charge in [-0.05, 0) is 36.2 Å². The van der Waals surface area contributed by atoms with Crippen LogP contribution in [0.2, 0.25) is 0 Å². The topological polar surface area (TPSA) is 48.0 Å². The first-order chi connectivity index (χ1) is 12.0. The van der Waals surface area contributed by atoms with Gasteiger partial charge >= 0.3 is 0 Å². The van der Waals surface area contributed by atoms with Crippen LogP contribution in [-0.4, -0.2) is 45.7 Å². The Morgan fingerprint density at radius 3 is 2.04 bits per heavy atom. The first-order valence-corrected chi connectivity index (χ1v) is 7.80. The van der Waals surface area contributed by atoms with Crippen LogP contribution in [0.25, 0.3) is 0 Å². The number of amides is 1. The lowest BCUT2D eigenvalue weighted by molar-refractivity contribution is 0.0795. The van der Waals surface area contributed by atoms with Gasteiger partial charge in [-0.25, -0.2) is 4.39 Å². The van der Waals surface area contributed by atoms with E-state index in [1.807, 2.05) is 0 Å². The van der Waals surface area contributed by atoms with Crippen molar-refractivity contribution in [2.75, 3.05) is 34.9 Å². The van der Waals surface area contributed by atoms with E-state index in [1.165, 1.54) is 33.5 Å². The van der Waals surface area contributed by atoms with Crippen molar-refractivity contribution in [3.63, 3.8) is 0 Å². The van der Waals surface area contributed by atoms with Crippen LogP contribution in [-0.2, 0) is 6.42 Å². The van der Waals surface area contributed by atoms with Crippen LogP contribution in [0.1, 0.15) is 15.9 Å². The number of likely N-dealkylation sites (N-methyl/N-ethyl adjacent to an activating group) is 1.